The first-order chi connectivity index (χ1) is 13.7. The third-order valence-corrected chi connectivity index (χ3v) is 5.09. The summed E-state index contributed by atoms with van der Waals surface area (Å²) in [6.07, 6.45) is 5.38. The summed E-state index contributed by atoms with van der Waals surface area (Å²) in [5, 5.41) is 3.07. The Morgan fingerprint density at radius 3 is 2.71 bits per heavy atom. The van der Waals surface area contributed by atoms with E-state index in [1.807, 2.05) is 31.2 Å². The molecule has 0 atom stereocenters. The predicted molar refractivity (Wildman–Crippen MR) is 106 cm³/mol. The van der Waals surface area contributed by atoms with Crippen LogP contribution in [0.1, 0.15) is 25.0 Å². The van der Waals surface area contributed by atoms with Gasteiger partial charge >= 0.3 is 6.01 Å². The van der Waals surface area contributed by atoms with Gasteiger partial charge in [-0.1, -0.05) is 12.1 Å². The summed E-state index contributed by atoms with van der Waals surface area (Å²) in [5.74, 6) is 0.752. The van der Waals surface area contributed by atoms with Crippen LogP contribution in [0.4, 0.5) is 5.95 Å². The van der Waals surface area contributed by atoms with Crippen LogP contribution in [0.2, 0.25) is 0 Å². The Balaban J connectivity index is 1.50. The standard InChI is InChI=1S/C20H20N6O2/c1-13-14(12-21-19(22-13)25-9-5-2-6-10-25)16-11-18(27)26(24-16)20-23-15-7-3-4-8-17(15)28-20/h3-4,7-8,11-12,24H,2,5-6,9-10H2,1H3. The van der Waals surface area contributed by atoms with Gasteiger partial charge in [-0.3, -0.25) is 9.89 Å². The molecule has 142 valence electrons. The quantitative estimate of drug-likeness (QED) is 0.591. The molecule has 5 rings (SSSR count). The van der Waals surface area contributed by atoms with Crippen molar-refractivity contribution in [1.29, 1.82) is 0 Å². The van der Waals surface area contributed by atoms with Crippen molar-refractivity contribution in [2.75, 3.05) is 18.0 Å². The molecule has 28 heavy (non-hydrogen) atoms. The van der Waals surface area contributed by atoms with Crippen LogP contribution >= 0.6 is 0 Å². The lowest BCUT2D eigenvalue weighted by molar-refractivity contribution is 0.537. The largest absolute Gasteiger partial charge is 0.422 e. The number of benzene rings is 1. The fourth-order valence-corrected chi connectivity index (χ4v) is 3.60. The molecule has 1 aliphatic heterocycles. The van der Waals surface area contributed by atoms with Gasteiger partial charge in [0.1, 0.15) is 5.52 Å². The molecular weight excluding hydrogens is 356 g/mol. The molecule has 0 amide bonds. The van der Waals surface area contributed by atoms with Crippen LogP contribution in [-0.4, -0.2) is 37.8 Å². The summed E-state index contributed by atoms with van der Waals surface area (Å²) in [6.45, 7) is 3.91. The van der Waals surface area contributed by atoms with E-state index in [-0.39, 0.29) is 11.6 Å². The number of aryl methyl sites for hydroxylation is 1. The van der Waals surface area contributed by atoms with Crippen molar-refractivity contribution in [2.24, 2.45) is 0 Å². The van der Waals surface area contributed by atoms with Crippen molar-refractivity contribution < 1.29 is 4.42 Å². The van der Waals surface area contributed by atoms with Crippen molar-refractivity contribution >= 4 is 17.0 Å². The zero-order valence-corrected chi connectivity index (χ0v) is 15.6. The van der Waals surface area contributed by atoms with Crippen LogP contribution < -0.4 is 10.5 Å². The van der Waals surface area contributed by atoms with E-state index in [4.69, 9.17) is 4.42 Å². The normalized spacial score (nSPS) is 14.7. The fraction of sp³-hybridized carbons (Fsp3) is 0.300. The van der Waals surface area contributed by atoms with Crippen molar-refractivity contribution in [1.82, 2.24) is 24.7 Å². The molecule has 1 aliphatic rings. The van der Waals surface area contributed by atoms with Crippen LogP contribution in [0, 0.1) is 6.92 Å². The van der Waals surface area contributed by atoms with E-state index >= 15 is 0 Å². The Hall–Kier alpha value is -3.42. The molecule has 3 aromatic heterocycles. The van der Waals surface area contributed by atoms with Crippen molar-refractivity contribution in [3.63, 3.8) is 0 Å². The second-order valence-electron chi connectivity index (χ2n) is 7.02. The second kappa shape index (κ2) is 6.63. The summed E-state index contributed by atoms with van der Waals surface area (Å²) < 4.78 is 6.99. The highest BCUT2D eigenvalue weighted by Gasteiger charge is 2.17. The number of hydrogen-bond acceptors (Lipinski definition) is 6. The second-order valence-corrected chi connectivity index (χ2v) is 7.02. The molecule has 1 N–H and O–H groups in total. The lowest BCUT2D eigenvalue weighted by Gasteiger charge is -2.26. The predicted octanol–water partition coefficient (Wildman–Crippen LogP) is 3.06. The van der Waals surface area contributed by atoms with Gasteiger partial charge in [0, 0.05) is 30.9 Å². The molecular formula is C20H20N6O2. The smallest absolute Gasteiger partial charge is 0.325 e. The molecule has 0 aliphatic carbocycles. The maximum atomic E-state index is 12.5. The average molecular weight is 376 g/mol. The number of fused-ring (bicyclic) bond motifs is 1. The highest BCUT2D eigenvalue weighted by atomic mass is 16.4. The molecule has 4 heterocycles. The number of aromatic amines is 1. The van der Waals surface area contributed by atoms with Gasteiger partial charge < -0.3 is 9.32 Å². The van der Waals surface area contributed by atoms with E-state index in [0.717, 1.165) is 30.3 Å². The highest BCUT2D eigenvalue weighted by molar-refractivity contribution is 5.73. The Morgan fingerprint density at radius 1 is 1.11 bits per heavy atom. The Bertz CT molecular complexity index is 1170. The van der Waals surface area contributed by atoms with E-state index in [2.05, 4.69) is 25.0 Å². The minimum atomic E-state index is -0.249. The van der Waals surface area contributed by atoms with Gasteiger partial charge in [-0.25, -0.2) is 9.97 Å². The number of H-pyrrole nitrogens is 1. The van der Waals surface area contributed by atoms with Crippen molar-refractivity contribution in [2.45, 2.75) is 26.2 Å². The first-order valence-corrected chi connectivity index (χ1v) is 9.46. The number of oxazole rings is 1. The summed E-state index contributed by atoms with van der Waals surface area (Å²) in [4.78, 5) is 28.3. The molecule has 0 saturated carbocycles. The van der Waals surface area contributed by atoms with Crippen molar-refractivity contribution in [3.05, 3.63) is 52.6 Å². The van der Waals surface area contributed by atoms with Crippen molar-refractivity contribution in [3.8, 4) is 17.3 Å². The van der Waals surface area contributed by atoms with E-state index < -0.39 is 0 Å². The fourth-order valence-electron chi connectivity index (χ4n) is 3.60. The first-order valence-electron chi connectivity index (χ1n) is 9.46. The summed E-state index contributed by atoms with van der Waals surface area (Å²) in [7, 11) is 0. The van der Waals surface area contributed by atoms with E-state index in [1.54, 1.807) is 6.20 Å². The van der Waals surface area contributed by atoms with E-state index in [1.165, 1.54) is 30.0 Å². The number of hydrogen-bond donors (Lipinski definition) is 1. The summed E-state index contributed by atoms with van der Waals surface area (Å²) >= 11 is 0. The maximum Gasteiger partial charge on any atom is 0.325 e. The Morgan fingerprint density at radius 2 is 1.93 bits per heavy atom. The SMILES string of the molecule is Cc1nc(N2CCCCC2)ncc1-c1cc(=O)n(-c2nc3ccccc3o2)[nH]1. The van der Waals surface area contributed by atoms with Crippen LogP contribution in [0.5, 0.6) is 0 Å². The zero-order valence-electron chi connectivity index (χ0n) is 15.6. The molecule has 0 spiro atoms. The van der Waals surface area contributed by atoms with Crippen LogP contribution in [0.15, 0.2) is 45.7 Å². The summed E-state index contributed by atoms with van der Waals surface area (Å²) in [5.41, 5.74) is 3.32. The molecule has 8 heteroatoms. The Labute approximate surface area is 160 Å². The van der Waals surface area contributed by atoms with E-state index in [9.17, 15) is 4.79 Å². The highest BCUT2D eigenvalue weighted by Crippen LogP contribution is 2.23. The van der Waals surface area contributed by atoms with Gasteiger partial charge in [-0.2, -0.15) is 9.67 Å². The zero-order chi connectivity index (χ0) is 19.1. The molecule has 1 saturated heterocycles. The molecule has 1 aromatic carbocycles. The number of nitrogens with zero attached hydrogens (tertiary/aromatic N) is 5. The molecule has 4 aromatic rings. The lowest BCUT2D eigenvalue weighted by Crippen LogP contribution is -2.31. The minimum absolute atomic E-state index is 0.209. The molecule has 0 radical (unpaired) electrons. The monoisotopic (exact) mass is 376 g/mol. The first kappa shape index (κ1) is 16.7. The summed E-state index contributed by atoms with van der Waals surface area (Å²) in [6, 6.07) is 9.13. The number of piperidine rings is 1. The van der Waals surface area contributed by atoms with Crippen LogP contribution in [0.25, 0.3) is 28.4 Å². The molecule has 0 bridgehead atoms. The Kier molecular flexibility index (Phi) is 3.96. The van der Waals surface area contributed by atoms with Gasteiger partial charge in [0.05, 0.1) is 11.4 Å². The number of aromatic nitrogens is 5. The topological polar surface area (TPSA) is 92.8 Å². The molecule has 0 unspecified atom stereocenters. The lowest BCUT2D eigenvalue weighted by atomic mass is 10.1. The van der Waals surface area contributed by atoms with Gasteiger partial charge in [0.2, 0.25) is 5.95 Å². The van der Waals surface area contributed by atoms with Gasteiger partial charge in [0.15, 0.2) is 5.58 Å². The molecule has 8 nitrogen and oxygen atoms in total. The maximum absolute atomic E-state index is 12.5. The van der Waals surface area contributed by atoms with Gasteiger partial charge in [0.25, 0.3) is 5.56 Å². The third kappa shape index (κ3) is 2.87. The third-order valence-electron chi connectivity index (χ3n) is 5.09. The van der Waals surface area contributed by atoms with Gasteiger partial charge in [-0.05, 0) is 38.3 Å². The number of anilines is 1. The molecule has 1 fully saturated rings. The van der Waals surface area contributed by atoms with E-state index in [0.29, 0.717) is 16.8 Å². The minimum Gasteiger partial charge on any atom is -0.422 e. The number of nitrogens with one attached hydrogen (secondary N) is 1. The van der Waals surface area contributed by atoms with Crippen LogP contribution in [0.3, 0.4) is 0 Å². The van der Waals surface area contributed by atoms with Crippen LogP contribution in [-0.2, 0) is 0 Å². The number of para-hydroxylation sites is 2. The number of rotatable bonds is 3. The average Bonchev–Trinajstić information content (AvgIpc) is 3.31. The van der Waals surface area contributed by atoms with Gasteiger partial charge in [-0.15, -0.1) is 0 Å².